The molecule has 0 aliphatic carbocycles. The number of nitrogens with one attached hydrogen (secondary N) is 2. The Morgan fingerprint density at radius 2 is 1.89 bits per heavy atom. The van der Waals surface area contributed by atoms with E-state index in [1.54, 1.807) is 6.20 Å². The zero-order valence-electron chi connectivity index (χ0n) is 9.24. The first kappa shape index (κ1) is 11.4. The van der Waals surface area contributed by atoms with Gasteiger partial charge in [-0.1, -0.05) is 35.3 Å². The molecule has 3 nitrogen and oxygen atoms in total. The van der Waals surface area contributed by atoms with Crippen molar-refractivity contribution in [2.75, 3.05) is 5.32 Å². The topological polar surface area (TPSA) is 40.7 Å². The molecule has 0 atom stereocenters. The SMILES string of the molecule is Clc1ccccc1Nc1c(Cl)cnc2[nH]ccc12. The van der Waals surface area contributed by atoms with Gasteiger partial charge in [0.2, 0.25) is 0 Å². The van der Waals surface area contributed by atoms with Crippen LogP contribution in [0.15, 0.2) is 42.7 Å². The lowest BCUT2D eigenvalue weighted by Gasteiger charge is -2.10. The van der Waals surface area contributed by atoms with Crippen molar-refractivity contribution in [1.29, 1.82) is 0 Å². The number of nitrogens with zero attached hydrogens (tertiary/aromatic N) is 1. The van der Waals surface area contributed by atoms with E-state index in [1.807, 2.05) is 36.5 Å². The normalized spacial score (nSPS) is 10.8. The van der Waals surface area contributed by atoms with Gasteiger partial charge in [-0.25, -0.2) is 4.98 Å². The molecule has 3 aromatic rings. The number of benzene rings is 1. The maximum absolute atomic E-state index is 6.18. The summed E-state index contributed by atoms with van der Waals surface area (Å²) < 4.78 is 0. The van der Waals surface area contributed by atoms with Crippen LogP contribution in [0.25, 0.3) is 11.0 Å². The first-order valence-electron chi connectivity index (χ1n) is 5.39. The molecule has 0 spiro atoms. The fraction of sp³-hybridized carbons (Fsp3) is 0. The molecule has 0 unspecified atom stereocenters. The third-order valence-electron chi connectivity index (χ3n) is 2.67. The minimum atomic E-state index is 0.557. The van der Waals surface area contributed by atoms with E-state index >= 15 is 0 Å². The van der Waals surface area contributed by atoms with E-state index in [0.29, 0.717) is 10.0 Å². The number of rotatable bonds is 2. The highest BCUT2D eigenvalue weighted by Gasteiger charge is 2.09. The van der Waals surface area contributed by atoms with E-state index in [2.05, 4.69) is 15.3 Å². The summed E-state index contributed by atoms with van der Waals surface area (Å²) in [6, 6.07) is 9.45. The third-order valence-corrected chi connectivity index (χ3v) is 3.29. The zero-order chi connectivity index (χ0) is 12.5. The molecule has 0 fully saturated rings. The lowest BCUT2D eigenvalue weighted by atomic mass is 10.2. The molecule has 0 saturated carbocycles. The van der Waals surface area contributed by atoms with Crippen LogP contribution < -0.4 is 5.32 Å². The third kappa shape index (κ3) is 1.92. The molecule has 2 N–H and O–H groups in total. The minimum Gasteiger partial charge on any atom is -0.352 e. The van der Waals surface area contributed by atoms with Crippen LogP contribution in [-0.4, -0.2) is 9.97 Å². The van der Waals surface area contributed by atoms with Crippen molar-refractivity contribution in [3.05, 3.63) is 52.8 Å². The first-order valence-corrected chi connectivity index (χ1v) is 6.14. The molecule has 0 aliphatic rings. The number of anilines is 2. The summed E-state index contributed by atoms with van der Waals surface area (Å²) in [5, 5.41) is 5.38. The number of para-hydroxylation sites is 1. The fourth-order valence-corrected chi connectivity index (χ4v) is 2.19. The Labute approximate surface area is 114 Å². The first-order chi connectivity index (χ1) is 8.75. The minimum absolute atomic E-state index is 0.557. The van der Waals surface area contributed by atoms with Gasteiger partial charge in [-0.15, -0.1) is 0 Å². The largest absolute Gasteiger partial charge is 0.352 e. The van der Waals surface area contributed by atoms with Gasteiger partial charge in [0.25, 0.3) is 0 Å². The van der Waals surface area contributed by atoms with Crippen molar-refractivity contribution in [2.24, 2.45) is 0 Å². The molecular formula is C13H9Cl2N3. The van der Waals surface area contributed by atoms with Crippen LogP contribution in [0.4, 0.5) is 11.4 Å². The molecule has 0 bridgehead atoms. The maximum Gasteiger partial charge on any atom is 0.139 e. The number of hydrogen-bond acceptors (Lipinski definition) is 2. The number of aromatic nitrogens is 2. The Morgan fingerprint density at radius 1 is 1.06 bits per heavy atom. The van der Waals surface area contributed by atoms with Crippen LogP contribution in [-0.2, 0) is 0 Å². The summed E-state index contributed by atoms with van der Waals surface area (Å²) >= 11 is 12.3. The second-order valence-corrected chi connectivity index (χ2v) is 4.64. The Hall–Kier alpha value is -1.71. The van der Waals surface area contributed by atoms with Gasteiger partial charge in [0, 0.05) is 11.6 Å². The highest BCUT2D eigenvalue weighted by molar-refractivity contribution is 6.35. The number of hydrogen-bond donors (Lipinski definition) is 2. The molecule has 90 valence electrons. The quantitative estimate of drug-likeness (QED) is 0.718. The smallest absolute Gasteiger partial charge is 0.139 e. The molecule has 1 aromatic carbocycles. The molecule has 0 aliphatic heterocycles. The average Bonchev–Trinajstić information content (AvgIpc) is 2.83. The number of pyridine rings is 1. The Morgan fingerprint density at radius 3 is 2.72 bits per heavy atom. The van der Waals surface area contributed by atoms with Crippen LogP contribution in [0.5, 0.6) is 0 Å². The van der Waals surface area contributed by atoms with Crippen molar-refractivity contribution < 1.29 is 0 Å². The summed E-state index contributed by atoms with van der Waals surface area (Å²) in [5.74, 6) is 0. The fourth-order valence-electron chi connectivity index (χ4n) is 1.81. The van der Waals surface area contributed by atoms with Crippen molar-refractivity contribution in [3.63, 3.8) is 0 Å². The number of H-pyrrole nitrogens is 1. The highest BCUT2D eigenvalue weighted by atomic mass is 35.5. The Bertz CT molecular complexity index is 706. The molecule has 5 heteroatoms. The number of halogens is 2. The monoisotopic (exact) mass is 277 g/mol. The summed E-state index contributed by atoms with van der Waals surface area (Å²) in [5.41, 5.74) is 2.40. The highest BCUT2D eigenvalue weighted by Crippen LogP contribution is 2.33. The summed E-state index contributed by atoms with van der Waals surface area (Å²) in [4.78, 5) is 7.25. The van der Waals surface area contributed by atoms with Gasteiger partial charge in [-0.2, -0.15) is 0 Å². The molecule has 3 rings (SSSR count). The van der Waals surface area contributed by atoms with Gasteiger partial charge in [0.1, 0.15) is 5.65 Å². The maximum atomic E-state index is 6.18. The molecule has 2 heterocycles. The van der Waals surface area contributed by atoms with Gasteiger partial charge >= 0.3 is 0 Å². The van der Waals surface area contributed by atoms with Gasteiger partial charge in [-0.05, 0) is 18.2 Å². The van der Waals surface area contributed by atoms with Gasteiger partial charge in [-0.3, -0.25) is 0 Å². The van der Waals surface area contributed by atoms with E-state index in [-0.39, 0.29) is 0 Å². The van der Waals surface area contributed by atoms with Crippen molar-refractivity contribution in [2.45, 2.75) is 0 Å². The average molecular weight is 278 g/mol. The van der Waals surface area contributed by atoms with Crippen molar-refractivity contribution in [1.82, 2.24) is 9.97 Å². The predicted octanol–water partition coefficient (Wildman–Crippen LogP) is 4.61. The summed E-state index contributed by atoms with van der Waals surface area (Å²) in [6.07, 6.45) is 3.44. The Kier molecular flexibility index (Phi) is 2.86. The van der Waals surface area contributed by atoms with Gasteiger partial charge in [0.15, 0.2) is 0 Å². The predicted molar refractivity (Wildman–Crippen MR) is 75.8 cm³/mol. The molecule has 18 heavy (non-hydrogen) atoms. The van der Waals surface area contributed by atoms with E-state index < -0.39 is 0 Å². The summed E-state index contributed by atoms with van der Waals surface area (Å²) in [7, 11) is 0. The van der Waals surface area contributed by atoms with Crippen LogP contribution in [0.3, 0.4) is 0 Å². The molecule has 0 radical (unpaired) electrons. The van der Waals surface area contributed by atoms with Crippen molar-refractivity contribution in [3.8, 4) is 0 Å². The van der Waals surface area contributed by atoms with E-state index in [1.165, 1.54) is 0 Å². The molecule has 2 aromatic heterocycles. The van der Waals surface area contributed by atoms with Gasteiger partial charge < -0.3 is 10.3 Å². The Balaban J connectivity index is 2.12. The summed E-state index contributed by atoms with van der Waals surface area (Å²) in [6.45, 7) is 0. The van der Waals surface area contributed by atoms with Crippen LogP contribution >= 0.6 is 23.2 Å². The lowest BCUT2D eigenvalue weighted by Crippen LogP contribution is -1.93. The standard InChI is InChI=1S/C13H9Cl2N3/c14-9-3-1-2-4-11(9)18-12-8-5-6-16-13(8)17-7-10(12)15/h1-7H,(H2,16,17,18). The van der Waals surface area contributed by atoms with Crippen LogP contribution in [0, 0.1) is 0 Å². The van der Waals surface area contributed by atoms with E-state index in [4.69, 9.17) is 23.2 Å². The molecule has 0 amide bonds. The number of fused-ring (bicyclic) bond motifs is 1. The van der Waals surface area contributed by atoms with Crippen LogP contribution in [0.1, 0.15) is 0 Å². The van der Waals surface area contributed by atoms with Gasteiger partial charge in [0.05, 0.1) is 27.6 Å². The zero-order valence-corrected chi connectivity index (χ0v) is 10.8. The van der Waals surface area contributed by atoms with Crippen LogP contribution in [0.2, 0.25) is 10.0 Å². The lowest BCUT2D eigenvalue weighted by molar-refractivity contribution is 1.32. The number of aromatic amines is 1. The second kappa shape index (κ2) is 4.52. The van der Waals surface area contributed by atoms with E-state index in [0.717, 1.165) is 22.4 Å². The second-order valence-electron chi connectivity index (χ2n) is 3.83. The van der Waals surface area contributed by atoms with Crippen molar-refractivity contribution >= 4 is 45.6 Å². The molecule has 0 saturated heterocycles. The molecular weight excluding hydrogens is 269 g/mol. The van der Waals surface area contributed by atoms with E-state index in [9.17, 15) is 0 Å².